The first-order valence-electron chi connectivity index (χ1n) is 6.16. The van der Waals surface area contributed by atoms with Crippen LogP contribution in [0.2, 0.25) is 0 Å². The van der Waals surface area contributed by atoms with Crippen LogP contribution in [0, 0.1) is 17.7 Å². The number of hydrogen-bond donors (Lipinski definition) is 2. The minimum absolute atomic E-state index is 0.261. The molecule has 0 spiro atoms. The third-order valence-corrected chi connectivity index (χ3v) is 2.84. The Morgan fingerprint density at radius 3 is 2.32 bits per heavy atom. The highest BCUT2D eigenvalue weighted by molar-refractivity contribution is 5.97. The molecule has 0 aliphatic rings. The minimum atomic E-state index is -1.12. The standard InChI is InChI=1S/C14H18FNO3/c1-9(2)12(14(18)19)13(17)16-8-7-10-3-5-11(15)6-4-10/h3-6,9,12H,7-8H2,1-2H3,(H,16,17)(H,18,19). The Labute approximate surface area is 111 Å². The number of rotatable bonds is 6. The quantitative estimate of drug-likeness (QED) is 0.773. The summed E-state index contributed by atoms with van der Waals surface area (Å²) in [5.74, 6) is -3.20. The van der Waals surface area contributed by atoms with Gasteiger partial charge in [-0.15, -0.1) is 0 Å². The summed E-state index contributed by atoms with van der Waals surface area (Å²) in [7, 11) is 0. The molecule has 5 heteroatoms. The molecule has 1 rings (SSSR count). The fourth-order valence-electron chi connectivity index (χ4n) is 1.79. The van der Waals surface area contributed by atoms with Gasteiger partial charge < -0.3 is 10.4 Å². The highest BCUT2D eigenvalue weighted by Gasteiger charge is 2.28. The summed E-state index contributed by atoms with van der Waals surface area (Å²) in [6.45, 7) is 3.72. The van der Waals surface area contributed by atoms with Gasteiger partial charge in [0.1, 0.15) is 11.7 Å². The van der Waals surface area contributed by atoms with Crippen LogP contribution in [0.25, 0.3) is 0 Å². The van der Waals surface area contributed by atoms with Gasteiger partial charge in [0.2, 0.25) is 5.91 Å². The molecule has 1 amide bonds. The van der Waals surface area contributed by atoms with Crippen molar-refractivity contribution in [2.45, 2.75) is 20.3 Å². The van der Waals surface area contributed by atoms with Gasteiger partial charge in [0.05, 0.1) is 0 Å². The molecule has 1 aromatic rings. The van der Waals surface area contributed by atoms with Gasteiger partial charge in [-0.25, -0.2) is 4.39 Å². The molecule has 19 heavy (non-hydrogen) atoms. The van der Waals surface area contributed by atoms with Gasteiger partial charge in [-0.3, -0.25) is 9.59 Å². The maximum Gasteiger partial charge on any atom is 0.316 e. The maximum absolute atomic E-state index is 12.7. The zero-order valence-electron chi connectivity index (χ0n) is 11.0. The van der Waals surface area contributed by atoms with Crippen molar-refractivity contribution in [1.29, 1.82) is 0 Å². The molecule has 1 atom stereocenters. The fourth-order valence-corrected chi connectivity index (χ4v) is 1.79. The van der Waals surface area contributed by atoms with E-state index in [1.54, 1.807) is 26.0 Å². The number of carbonyl (C=O) groups excluding carboxylic acids is 1. The molecule has 1 aromatic carbocycles. The SMILES string of the molecule is CC(C)C(C(=O)O)C(=O)NCCc1ccc(F)cc1. The summed E-state index contributed by atoms with van der Waals surface area (Å²) < 4.78 is 12.7. The molecular weight excluding hydrogens is 249 g/mol. The highest BCUT2D eigenvalue weighted by atomic mass is 19.1. The van der Waals surface area contributed by atoms with Crippen molar-refractivity contribution in [2.75, 3.05) is 6.54 Å². The van der Waals surface area contributed by atoms with Crippen LogP contribution in [-0.2, 0) is 16.0 Å². The van der Waals surface area contributed by atoms with Gasteiger partial charge in [-0.1, -0.05) is 26.0 Å². The number of benzene rings is 1. The van der Waals surface area contributed by atoms with Crippen molar-refractivity contribution in [3.05, 3.63) is 35.6 Å². The highest BCUT2D eigenvalue weighted by Crippen LogP contribution is 2.11. The lowest BCUT2D eigenvalue weighted by Gasteiger charge is -2.15. The topological polar surface area (TPSA) is 66.4 Å². The number of nitrogens with one attached hydrogen (secondary N) is 1. The van der Waals surface area contributed by atoms with Gasteiger partial charge in [0.15, 0.2) is 0 Å². The van der Waals surface area contributed by atoms with Crippen LogP contribution in [-0.4, -0.2) is 23.5 Å². The molecular formula is C14H18FNO3. The number of hydrogen-bond acceptors (Lipinski definition) is 2. The monoisotopic (exact) mass is 267 g/mol. The number of amides is 1. The zero-order valence-corrected chi connectivity index (χ0v) is 11.0. The molecule has 104 valence electrons. The van der Waals surface area contributed by atoms with Crippen LogP contribution in [0.4, 0.5) is 4.39 Å². The number of aliphatic carboxylic acids is 1. The average Bonchev–Trinajstić information content (AvgIpc) is 2.30. The Kier molecular flexibility index (Phi) is 5.48. The minimum Gasteiger partial charge on any atom is -0.481 e. The first kappa shape index (κ1) is 15.1. The Morgan fingerprint density at radius 2 is 1.84 bits per heavy atom. The summed E-state index contributed by atoms with van der Waals surface area (Å²) in [6.07, 6.45) is 0.538. The van der Waals surface area contributed by atoms with Crippen LogP contribution in [0.15, 0.2) is 24.3 Å². The Hall–Kier alpha value is -1.91. The zero-order chi connectivity index (χ0) is 14.4. The van der Waals surface area contributed by atoms with E-state index in [4.69, 9.17) is 5.11 Å². The van der Waals surface area contributed by atoms with Crippen LogP contribution >= 0.6 is 0 Å². The van der Waals surface area contributed by atoms with Gasteiger partial charge in [0.25, 0.3) is 0 Å². The van der Waals surface area contributed by atoms with Gasteiger partial charge >= 0.3 is 5.97 Å². The molecule has 0 fully saturated rings. The van der Waals surface area contributed by atoms with E-state index in [9.17, 15) is 14.0 Å². The Bertz CT molecular complexity index is 443. The van der Waals surface area contributed by atoms with E-state index in [1.165, 1.54) is 12.1 Å². The summed E-state index contributed by atoms with van der Waals surface area (Å²) in [5, 5.41) is 11.6. The third kappa shape index (κ3) is 4.69. The second-order valence-electron chi connectivity index (χ2n) is 4.73. The first-order chi connectivity index (χ1) is 8.91. The summed E-state index contributed by atoms with van der Waals surface area (Å²) in [5.41, 5.74) is 0.887. The Morgan fingerprint density at radius 1 is 1.26 bits per heavy atom. The van der Waals surface area contributed by atoms with Crippen LogP contribution in [0.1, 0.15) is 19.4 Å². The van der Waals surface area contributed by atoms with Gasteiger partial charge in [0, 0.05) is 6.54 Å². The molecule has 2 N–H and O–H groups in total. The predicted molar refractivity (Wildman–Crippen MR) is 69.1 cm³/mol. The third-order valence-electron chi connectivity index (χ3n) is 2.84. The van der Waals surface area contributed by atoms with E-state index < -0.39 is 17.8 Å². The fraction of sp³-hybridized carbons (Fsp3) is 0.429. The summed E-state index contributed by atoms with van der Waals surface area (Å²) in [6, 6.07) is 5.98. The lowest BCUT2D eigenvalue weighted by molar-refractivity contribution is -0.148. The van der Waals surface area contributed by atoms with Gasteiger partial charge in [-0.2, -0.15) is 0 Å². The van der Waals surface area contributed by atoms with E-state index in [1.807, 2.05) is 0 Å². The summed E-state index contributed by atoms with van der Waals surface area (Å²) in [4.78, 5) is 22.7. The van der Waals surface area contributed by atoms with E-state index in [-0.39, 0.29) is 11.7 Å². The molecule has 4 nitrogen and oxygen atoms in total. The molecule has 0 bridgehead atoms. The van der Waals surface area contributed by atoms with Gasteiger partial charge in [-0.05, 0) is 30.0 Å². The molecule has 1 unspecified atom stereocenters. The van der Waals surface area contributed by atoms with E-state index in [2.05, 4.69) is 5.32 Å². The van der Waals surface area contributed by atoms with Crippen molar-refractivity contribution in [2.24, 2.45) is 11.8 Å². The average molecular weight is 267 g/mol. The first-order valence-corrected chi connectivity index (χ1v) is 6.16. The largest absolute Gasteiger partial charge is 0.481 e. The van der Waals surface area contributed by atoms with E-state index in [0.29, 0.717) is 13.0 Å². The van der Waals surface area contributed by atoms with Crippen LogP contribution in [0.3, 0.4) is 0 Å². The van der Waals surface area contributed by atoms with Crippen LogP contribution in [0.5, 0.6) is 0 Å². The Balaban J connectivity index is 2.46. The van der Waals surface area contributed by atoms with Crippen molar-refractivity contribution < 1.29 is 19.1 Å². The molecule has 0 saturated carbocycles. The second-order valence-corrected chi connectivity index (χ2v) is 4.73. The van der Waals surface area contributed by atoms with Crippen molar-refractivity contribution in [1.82, 2.24) is 5.32 Å². The van der Waals surface area contributed by atoms with Crippen molar-refractivity contribution in [3.8, 4) is 0 Å². The molecule has 0 saturated heterocycles. The number of carboxylic acid groups (broad SMARTS) is 1. The molecule has 0 aliphatic heterocycles. The number of carbonyl (C=O) groups is 2. The lowest BCUT2D eigenvalue weighted by atomic mass is 9.95. The second kappa shape index (κ2) is 6.87. The predicted octanol–water partition coefficient (Wildman–Crippen LogP) is 1.84. The normalized spacial score (nSPS) is 12.2. The molecule has 0 aromatic heterocycles. The molecule has 0 aliphatic carbocycles. The van der Waals surface area contributed by atoms with Crippen molar-refractivity contribution in [3.63, 3.8) is 0 Å². The molecule has 0 radical (unpaired) electrons. The van der Waals surface area contributed by atoms with Crippen molar-refractivity contribution >= 4 is 11.9 Å². The smallest absolute Gasteiger partial charge is 0.316 e. The summed E-state index contributed by atoms with van der Waals surface area (Å²) >= 11 is 0. The number of carboxylic acids is 1. The molecule has 0 heterocycles. The van der Waals surface area contributed by atoms with Crippen LogP contribution < -0.4 is 5.32 Å². The van der Waals surface area contributed by atoms with E-state index in [0.717, 1.165) is 5.56 Å². The lowest BCUT2D eigenvalue weighted by Crippen LogP contribution is -2.39. The maximum atomic E-state index is 12.7. The van der Waals surface area contributed by atoms with E-state index >= 15 is 0 Å². The number of halogens is 1.